The van der Waals surface area contributed by atoms with Crippen molar-refractivity contribution in [1.82, 2.24) is 9.97 Å². The molecule has 0 spiro atoms. The minimum Gasteiger partial charge on any atom is -0.372 e. The SMILES string of the molecule is CNc1nc(Cc2cccc(Br)c2)nc(CC(C)C)c1I. The van der Waals surface area contributed by atoms with Gasteiger partial charge in [0.05, 0.1) is 9.26 Å². The molecule has 0 fully saturated rings. The lowest BCUT2D eigenvalue weighted by Gasteiger charge is -2.13. The van der Waals surface area contributed by atoms with Gasteiger partial charge in [-0.3, -0.25) is 0 Å². The van der Waals surface area contributed by atoms with Crippen molar-refractivity contribution in [3.63, 3.8) is 0 Å². The Labute approximate surface area is 148 Å². The Kier molecular flexibility index (Phi) is 5.98. The third-order valence-corrected chi connectivity index (χ3v) is 4.68. The third kappa shape index (κ3) is 4.64. The summed E-state index contributed by atoms with van der Waals surface area (Å²) >= 11 is 5.84. The summed E-state index contributed by atoms with van der Waals surface area (Å²) < 4.78 is 2.21. The van der Waals surface area contributed by atoms with E-state index in [1.54, 1.807) is 0 Å². The fraction of sp³-hybridized carbons (Fsp3) is 0.375. The van der Waals surface area contributed by atoms with E-state index in [4.69, 9.17) is 4.98 Å². The molecular formula is C16H19BrIN3. The maximum Gasteiger partial charge on any atom is 0.143 e. The monoisotopic (exact) mass is 459 g/mol. The van der Waals surface area contributed by atoms with Crippen molar-refractivity contribution in [3.05, 3.63) is 49.4 Å². The molecule has 2 rings (SSSR count). The number of nitrogens with zero attached hydrogens (tertiary/aromatic N) is 2. The number of aromatic nitrogens is 2. The highest BCUT2D eigenvalue weighted by molar-refractivity contribution is 14.1. The third-order valence-electron chi connectivity index (χ3n) is 3.06. The molecule has 1 N–H and O–H groups in total. The molecule has 0 unspecified atom stereocenters. The van der Waals surface area contributed by atoms with Crippen LogP contribution in [0.5, 0.6) is 0 Å². The summed E-state index contributed by atoms with van der Waals surface area (Å²) in [6.45, 7) is 4.43. The van der Waals surface area contributed by atoms with Gasteiger partial charge in [-0.15, -0.1) is 0 Å². The Balaban J connectivity index is 2.34. The highest BCUT2D eigenvalue weighted by atomic mass is 127. The maximum atomic E-state index is 4.77. The van der Waals surface area contributed by atoms with Gasteiger partial charge in [-0.1, -0.05) is 41.9 Å². The van der Waals surface area contributed by atoms with Gasteiger partial charge in [-0.25, -0.2) is 9.97 Å². The number of benzene rings is 1. The van der Waals surface area contributed by atoms with Crippen LogP contribution in [0.4, 0.5) is 5.82 Å². The fourth-order valence-corrected chi connectivity index (χ4v) is 3.32. The van der Waals surface area contributed by atoms with Crippen LogP contribution >= 0.6 is 38.5 Å². The Morgan fingerprint density at radius 2 is 2.05 bits per heavy atom. The van der Waals surface area contributed by atoms with E-state index in [1.807, 2.05) is 19.2 Å². The second-order valence-corrected chi connectivity index (χ2v) is 7.40. The predicted octanol–water partition coefficient (Wildman–Crippen LogP) is 4.67. The highest BCUT2D eigenvalue weighted by Crippen LogP contribution is 2.22. The average molecular weight is 460 g/mol. The van der Waals surface area contributed by atoms with Gasteiger partial charge in [0, 0.05) is 17.9 Å². The zero-order valence-corrected chi connectivity index (χ0v) is 16.2. The molecule has 1 aromatic carbocycles. The average Bonchev–Trinajstić information content (AvgIpc) is 2.41. The van der Waals surface area contributed by atoms with E-state index in [1.165, 1.54) is 5.56 Å². The summed E-state index contributed by atoms with van der Waals surface area (Å²) in [5.41, 5.74) is 2.35. The topological polar surface area (TPSA) is 37.8 Å². The van der Waals surface area contributed by atoms with Crippen LogP contribution in [0, 0.1) is 9.49 Å². The molecule has 0 saturated heterocycles. The van der Waals surface area contributed by atoms with E-state index >= 15 is 0 Å². The summed E-state index contributed by atoms with van der Waals surface area (Å²) in [4.78, 5) is 9.41. The van der Waals surface area contributed by atoms with E-state index < -0.39 is 0 Å². The summed E-state index contributed by atoms with van der Waals surface area (Å²) in [6.07, 6.45) is 1.72. The highest BCUT2D eigenvalue weighted by Gasteiger charge is 2.13. The molecule has 0 bridgehead atoms. The standard InChI is InChI=1S/C16H19BrIN3/c1-10(2)7-13-15(18)16(19-3)21-14(20-13)9-11-5-4-6-12(17)8-11/h4-6,8,10H,7,9H2,1-3H3,(H,19,20,21). The second kappa shape index (κ2) is 7.54. The second-order valence-electron chi connectivity index (χ2n) is 5.40. The molecule has 5 heteroatoms. The predicted molar refractivity (Wildman–Crippen MR) is 99.8 cm³/mol. The van der Waals surface area contributed by atoms with Crippen LogP contribution in [-0.4, -0.2) is 17.0 Å². The zero-order valence-electron chi connectivity index (χ0n) is 12.5. The number of rotatable bonds is 5. The van der Waals surface area contributed by atoms with Crippen molar-refractivity contribution in [2.75, 3.05) is 12.4 Å². The molecule has 0 amide bonds. The molecule has 2 aromatic rings. The first-order chi connectivity index (χ1) is 9.99. The number of hydrogen-bond acceptors (Lipinski definition) is 3. The molecule has 0 radical (unpaired) electrons. The minimum atomic E-state index is 0.580. The maximum absolute atomic E-state index is 4.77. The summed E-state index contributed by atoms with van der Waals surface area (Å²) in [7, 11) is 1.91. The van der Waals surface area contributed by atoms with Gasteiger partial charge in [0.2, 0.25) is 0 Å². The van der Waals surface area contributed by atoms with Crippen molar-refractivity contribution < 1.29 is 0 Å². The van der Waals surface area contributed by atoms with Crippen LogP contribution in [0.25, 0.3) is 0 Å². The molecule has 1 heterocycles. The first-order valence-electron chi connectivity index (χ1n) is 6.97. The van der Waals surface area contributed by atoms with Gasteiger partial charge in [0.25, 0.3) is 0 Å². The lowest BCUT2D eigenvalue weighted by molar-refractivity contribution is 0.628. The lowest BCUT2D eigenvalue weighted by Crippen LogP contribution is -2.10. The number of hydrogen-bond donors (Lipinski definition) is 1. The van der Waals surface area contributed by atoms with Crippen molar-refractivity contribution in [2.45, 2.75) is 26.7 Å². The Morgan fingerprint density at radius 3 is 2.67 bits per heavy atom. The zero-order chi connectivity index (χ0) is 15.4. The molecule has 0 aliphatic rings. The fourth-order valence-electron chi connectivity index (χ4n) is 2.14. The van der Waals surface area contributed by atoms with E-state index in [0.717, 1.165) is 38.2 Å². The molecule has 0 aliphatic heterocycles. The first kappa shape index (κ1) is 16.7. The molecule has 0 aliphatic carbocycles. The van der Waals surface area contributed by atoms with Crippen LogP contribution in [0.3, 0.4) is 0 Å². The van der Waals surface area contributed by atoms with Crippen LogP contribution in [0.2, 0.25) is 0 Å². The van der Waals surface area contributed by atoms with Crippen LogP contribution in [0.1, 0.15) is 30.9 Å². The van der Waals surface area contributed by atoms with Gasteiger partial charge in [-0.05, 0) is 52.6 Å². The molecule has 0 atom stereocenters. The number of nitrogens with one attached hydrogen (secondary N) is 1. The molecule has 1 aromatic heterocycles. The van der Waals surface area contributed by atoms with Crippen LogP contribution in [-0.2, 0) is 12.8 Å². The Hall–Kier alpha value is -0.690. The van der Waals surface area contributed by atoms with Gasteiger partial charge in [0.1, 0.15) is 11.6 Å². The van der Waals surface area contributed by atoms with Gasteiger partial charge in [-0.2, -0.15) is 0 Å². The quantitative estimate of drug-likeness (QED) is 0.660. The van der Waals surface area contributed by atoms with E-state index in [0.29, 0.717) is 5.92 Å². The van der Waals surface area contributed by atoms with Crippen LogP contribution < -0.4 is 5.32 Å². The van der Waals surface area contributed by atoms with Crippen LogP contribution in [0.15, 0.2) is 28.7 Å². The first-order valence-corrected chi connectivity index (χ1v) is 8.84. The minimum absolute atomic E-state index is 0.580. The summed E-state index contributed by atoms with van der Waals surface area (Å²) in [5.74, 6) is 2.37. The van der Waals surface area contributed by atoms with E-state index in [9.17, 15) is 0 Å². The van der Waals surface area contributed by atoms with Crippen molar-refractivity contribution >= 4 is 44.3 Å². The lowest BCUT2D eigenvalue weighted by atomic mass is 10.1. The summed E-state index contributed by atoms with van der Waals surface area (Å²) in [5, 5.41) is 3.18. The smallest absolute Gasteiger partial charge is 0.143 e. The molecular weight excluding hydrogens is 441 g/mol. The molecule has 0 saturated carbocycles. The van der Waals surface area contributed by atoms with Crippen molar-refractivity contribution in [2.24, 2.45) is 5.92 Å². The number of halogens is 2. The van der Waals surface area contributed by atoms with E-state index in [-0.39, 0.29) is 0 Å². The Bertz CT molecular complexity index is 629. The van der Waals surface area contributed by atoms with Crippen molar-refractivity contribution in [3.8, 4) is 0 Å². The Morgan fingerprint density at radius 1 is 1.29 bits per heavy atom. The normalized spacial score (nSPS) is 11.0. The van der Waals surface area contributed by atoms with Gasteiger partial charge >= 0.3 is 0 Å². The van der Waals surface area contributed by atoms with Gasteiger partial charge in [0.15, 0.2) is 0 Å². The molecule has 21 heavy (non-hydrogen) atoms. The van der Waals surface area contributed by atoms with E-state index in [2.05, 4.69) is 74.8 Å². The van der Waals surface area contributed by atoms with Gasteiger partial charge < -0.3 is 5.32 Å². The van der Waals surface area contributed by atoms with Crippen molar-refractivity contribution in [1.29, 1.82) is 0 Å². The largest absolute Gasteiger partial charge is 0.372 e. The molecule has 112 valence electrons. The number of anilines is 1. The summed E-state index contributed by atoms with van der Waals surface area (Å²) in [6, 6.07) is 8.29. The molecule has 3 nitrogen and oxygen atoms in total.